The number of ether oxygens (including phenoxy) is 1. The first-order valence-corrected chi connectivity index (χ1v) is 12.1. The van der Waals surface area contributed by atoms with Crippen molar-refractivity contribution in [3.05, 3.63) is 125 Å². The van der Waals surface area contributed by atoms with Gasteiger partial charge in [-0.15, -0.1) is 0 Å². The molecular weight excluding hydrogens is 436 g/mol. The summed E-state index contributed by atoms with van der Waals surface area (Å²) in [4.78, 5) is 16.2. The van der Waals surface area contributed by atoms with E-state index in [4.69, 9.17) is 14.2 Å². The van der Waals surface area contributed by atoms with Crippen molar-refractivity contribution < 1.29 is 14.1 Å². The fourth-order valence-electron chi connectivity index (χ4n) is 4.88. The van der Waals surface area contributed by atoms with Crippen LogP contribution in [0.4, 0.5) is 0 Å². The van der Waals surface area contributed by atoms with Crippen LogP contribution in [0.1, 0.15) is 65.6 Å². The topological polar surface area (TPSA) is 65.2 Å². The molecule has 0 fully saturated rings. The molecule has 3 aromatic carbocycles. The number of nitrogens with zero attached hydrogens (tertiary/aromatic N) is 2. The molecule has 0 saturated carbocycles. The maximum Gasteiger partial charge on any atom is 0.308 e. The molecule has 0 spiro atoms. The van der Waals surface area contributed by atoms with Crippen molar-refractivity contribution in [3.8, 4) is 5.75 Å². The Balaban J connectivity index is 1.34. The zero-order valence-electron chi connectivity index (χ0n) is 19.8. The van der Waals surface area contributed by atoms with Crippen molar-refractivity contribution in [2.75, 3.05) is 0 Å². The number of hydrogen-bond acceptors (Lipinski definition) is 5. The number of carbonyl (C=O) groups excluding carboxylic acids is 1. The Morgan fingerprint density at radius 1 is 1.03 bits per heavy atom. The monoisotopic (exact) mass is 464 g/mol. The van der Waals surface area contributed by atoms with E-state index in [0.29, 0.717) is 23.9 Å². The summed E-state index contributed by atoms with van der Waals surface area (Å²) in [7, 11) is 0. The first kappa shape index (κ1) is 22.8. The van der Waals surface area contributed by atoms with Gasteiger partial charge in [-0.25, -0.2) is 0 Å². The van der Waals surface area contributed by atoms with Crippen LogP contribution in [0.2, 0.25) is 0 Å². The Bertz CT molecular complexity index is 1270. The van der Waals surface area contributed by atoms with Gasteiger partial charge < -0.3 is 9.26 Å². The molecule has 5 nitrogen and oxygen atoms in total. The van der Waals surface area contributed by atoms with Crippen LogP contribution in [0.5, 0.6) is 5.75 Å². The van der Waals surface area contributed by atoms with Gasteiger partial charge in [0, 0.05) is 19.3 Å². The van der Waals surface area contributed by atoms with Crippen LogP contribution in [0.25, 0.3) is 0 Å². The number of benzene rings is 3. The Morgan fingerprint density at radius 3 is 2.43 bits per heavy atom. The van der Waals surface area contributed by atoms with Crippen molar-refractivity contribution in [1.29, 1.82) is 0 Å². The van der Waals surface area contributed by atoms with Gasteiger partial charge in [0.25, 0.3) is 0 Å². The van der Waals surface area contributed by atoms with Crippen molar-refractivity contribution in [2.45, 2.75) is 44.4 Å². The number of carbonyl (C=O) groups is 1. The molecular formula is C30H28N2O3. The van der Waals surface area contributed by atoms with Gasteiger partial charge in [0.1, 0.15) is 5.75 Å². The van der Waals surface area contributed by atoms with E-state index in [-0.39, 0.29) is 17.8 Å². The normalized spacial score (nSPS) is 15.3. The quantitative estimate of drug-likeness (QED) is 0.180. The van der Waals surface area contributed by atoms with E-state index in [0.717, 1.165) is 36.0 Å². The van der Waals surface area contributed by atoms with Crippen molar-refractivity contribution in [1.82, 2.24) is 10.1 Å². The number of fused-ring (bicyclic) bond motifs is 1. The highest BCUT2D eigenvalue weighted by Gasteiger charge is 2.24. The van der Waals surface area contributed by atoms with Crippen LogP contribution < -0.4 is 4.74 Å². The molecule has 1 unspecified atom stereocenters. The summed E-state index contributed by atoms with van der Waals surface area (Å²) >= 11 is 0. The van der Waals surface area contributed by atoms with Gasteiger partial charge in [0.2, 0.25) is 5.89 Å². The number of hydrogen-bond donors (Lipinski definition) is 0. The van der Waals surface area contributed by atoms with E-state index >= 15 is 0 Å². The number of rotatable bonds is 7. The third-order valence-corrected chi connectivity index (χ3v) is 6.43. The summed E-state index contributed by atoms with van der Waals surface area (Å²) in [5.74, 6) is 1.84. The van der Waals surface area contributed by atoms with Crippen LogP contribution >= 0.6 is 0 Å². The third kappa shape index (κ3) is 5.24. The third-order valence-electron chi connectivity index (χ3n) is 6.43. The van der Waals surface area contributed by atoms with Crippen molar-refractivity contribution >= 4 is 5.97 Å². The SMILES string of the molecule is CC(=O)Oc1cccc2c1CCCC2C=CCc1noc(C(c2ccccc2)c2ccccc2)n1. The highest BCUT2D eigenvalue weighted by atomic mass is 16.5. The summed E-state index contributed by atoms with van der Waals surface area (Å²) in [6.45, 7) is 1.44. The predicted octanol–water partition coefficient (Wildman–Crippen LogP) is 6.39. The number of esters is 1. The lowest BCUT2D eigenvalue weighted by atomic mass is 9.82. The van der Waals surface area contributed by atoms with E-state index in [9.17, 15) is 4.79 Å². The van der Waals surface area contributed by atoms with Gasteiger partial charge in [-0.3, -0.25) is 4.79 Å². The second kappa shape index (κ2) is 10.5. The van der Waals surface area contributed by atoms with Gasteiger partial charge in [0.15, 0.2) is 5.82 Å². The van der Waals surface area contributed by atoms with E-state index in [1.807, 2.05) is 48.5 Å². The summed E-state index contributed by atoms with van der Waals surface area (Å²) in [6.07, 6.45) is 7.98. The fourth-order valence-corrected chi connectivity index (χ4v) is 4.88. The first-order valence-electron chi connectivity index (χ1n) is 12.1. The van der Waals surface area contributed by atoms with Gasteiger partial charge in [0.05, 0.1) is 5.92 Å². The minimum atomic E-state index is -0.284. The largest absolute Gasteiger partial charge is 0.426 e. The summed E-state index contributed by atoms with van der Waals surface area (Å²) in [6, 6.07) is 26.5. The molecule has 4 aromatic rings. The number of aromatic nitrogens is 2. The predicted molar refractivity (Wildman–Crippen MR) is 134 cm³/mol. The highest BCUT2D eigenvalue weighted by molar-refractivity contribution is 5.70. The van der Waals surface area contributed by atoms with Gasteiger partial charge in [-0.1, -0.05) is 90.1 Å². The molecule has 1 aliphatic carbocycles. The minimum absolute atomic E-state index is 0.104. The maximum absolute atomic E-state index is 11.5. The van der Waals surface area contributed by atoms with E-state index in [2.05, 4.69) is 47.6 Å². The smallest absolute Gasteiger partial charge is 0.308 e. The van der Waals surface area contributed by atoms with Crippen LogP contribution in [-0.2, 0) is 17.6 Å². The average Bonchev–Trinajstić information content (AvgIpc) is 3.34. The van der Waals surface area contributed by atoms with Crippen molar-refractivity contribution in [2.24, 2.45) is 0 Å². The Kier molecular flexibility index (Phi) is 6.85. The maximum atomic E-state index is 11.5. The Morgan fingerprint density at radius 2 is 1.74 bits per heavy atom. The van der Waals surface area contributed by atoms with E-state index in [1.54, 1.807) is 0 Å². The lowest BCUT2D eigenvalue weighted by Crippen LogP contribution is -2.12. The second-order valence-corrected chi connectivity index (χ2v) is 8.85. The molecule has 5 heteroatoms. The van der Waals surface area contributed by atoms with Crippen LogP contribution in [0, 0.1) is 0 Å². The molecule has 0 radical (unpaired) electrons. The second-order valence-electron chi connectivity index (χ2n) is 8.85. The molecule has 1 heterocycles. The zero-order valence-corrected chi connectivity index (χ0v) is 19.8. The standard InChI is InChI=1S/C30H28N2O3/c1-21(33)34-27-19-10-17-25-22(15-8-18-26(25)27)16-9-20-28-31-30(35-32-28)29(23-11-4-2-5-12-23)24-13-6-3-7-14-24/h2-7,9-14,16-17,19,22,29H,8,15,18,20H2,1H3. The Hall–Kier alpha value is -3.99. The van der Waals surface area contributed by atoms with Gasteiger partial charge >= 0.3 is 5.97 Å². The Labute approximate surface area is 205 Å². The summed E-state index contributed by atoms with van der Waals surface area (Å²) in [5.41, 5.74) is 4.60. The lowest BCUT2D eigenvalue weighted by molar-refractivity contribution is -0.131. The highest BCUT2D eigenvalue weighted by Crippen LogP contribution is 2.37. The number of allylic oxidation sites excluding steroid dienone is 2. The molecule has 0 saturated heterocycles. The van der Waals surface area contributed by atoms with E-state index < -0.39 is 0 Å². The molecule has 1 atom stereocenters. The minimum Gasteiger partial charge on any atom is -0.426 e. The molecule has 0 N–H and O–H groups in total. The molecule has 0 amide bonds. The molecule has 176 valence electrons. The van der Waals surface area contributed by atoms with Gasteiger partial charge in [-0.05, 0) is 47.6 Å². The lowest BCUT2D eigenvalue weighted by Gasteiger charge is -2.24. The molecule has 1 aliphatic rings. The summed E-state index contributed by atoms with van der Waals surface area (Å²) < 4.78 is 11.2. The van der Waals surface area contributed by atoms with Crippen LogP contribution in [-0.4, -0.2) is 16.1 Å². The first-order chi connectivity index (χ1) is 17.2. The fraction of sp³-hybridized carbons (Fsp3) is 0.233. The molecule has 0 aliphatic heterocycles. The molecule has 1 aromatic heterocycles. The average molecular weight is 465 g/mol. The molecule has 5 rings (SSSR count). The molecule has 0 bridgehead atoms. The van der Waals surface area contributed by atoms with E-state index in [1.165, 1.54) is 12.5 Å². The van der Waals surface area contributed by atoms with Crippen LogP contribution in [0.15, 0.2) is 95.5 Å². The van der Waals surface area contributed by atoms with Crippen LogP contribution in [0.3, 0.4) is 0 Å². The zero-order chi connectivity index (χ0) is 24.0. The van der Waals surface area contributed by atoms with Crippen molar-refractivity contribution in [3.63, 3.8) is 0 Å². The summed E-state index contributed by atoms with van der Waals surface area (Å²) in [5, 5.41) is 4.27. The van der Waals surface area contributed by atoms with Gasteiger partial charge in [-0.2, -0.15) is 4.98 Å². The molecule has 35 heavy (non-hydrogen) atoms.